The van der Waals surface area contributed by atoms with E-state index in [1.807, 2.05) is 12.1 Å². The minimum atomic E-state index is -0.526. The average molecular weight is 335 g/mol. The highest BCUT2D eigenvalue weighted by atomic mass is 79.9. The van der Waals surface area contributed by atoms with Crippen molar-refractivity contribution < 1.29 is 9.18 Å². The van der Waals surface area contributed by atoms with Crippen LogP contribution in [0.1, 0.15) is 15.9 Å². The van der Waals surface area contributed by atoms with Gasteiger partial charge in [-0.2, -0.15) is 0 Å². The Morgan fingerprint density at radius 2 is 2.10 bits per heavy atom. The molecule has 20 heavy (non-hydrogen) atoms. The van der Waals surface area contributed by atoms with E-state index in [4.69, 9.17) is 5.73 Å². The van der Waals surface area contributed by atoms with E-state index in [9.17, 15) is 9.18 Å². The molecule has 0 bridgehead atoms. The molecule has 0 saturated heterocycles. The summed E-state index contributed by atoms with van der Waals surface area (Å²) in [5, 5.41) is 0. The van der Waals surface area contributed by atoms with Gasteiger partial charge >= 0.3 is 0 Å². The molecule has 0 unspecified atom stereocenters. The summed E-state index contributed by atoms with van der Waals surface area (Å²) in [4.78, 5) is 14.2. The van der Waals surface area contributed by atoms with Crippen LogP contribution in [0.15, 0.2) is 40.9 Å². The Morgan fingerprint density at radius 3 is 2.85 bits per heavy atom. The molecule has 0 aliphatic carbocycles. The molecule has 2 N–H and O–H groups in total. The van der Waals surface area contributed by atoms with Crippen LogP contribution in [-0.2, 0) is 6.42 Å². The zero-order valence-electron chi connectivity index (χ0n) is 10.6. The number of halogens is 2. The van der Waals surface area contributed by atoms with Gasteiger partial charge in [0.25, 0.3) is 5.91 Å². The minimum Gasteiger partial charge on any atom is -0.399 e. The number of amides is 1. The fourth-order valence-corrected chi connectivity index (χ4v) is 2.96. The highest BCUT2D eigenvalue weighted by molar-refractivity contribution is 9.10. The van der Waals surface area contributed by atoms with Crippen LogP contribution in [0.2, 0.25) is 0 Å². The maximum Gasteiger partial charge on any atom is 0.262 e. The molecular formula is C15H12BrFN2O. The van der Waals surface area contributed by atoms with Crippen molar-refractivity contribution in [1.29, 1.82) is 0 Å². The third kappa shape index (κ3) is 2.08. The van der Waals surface area contributed by atoms with Crippen molar-refractivity contribution in [3.63, 3.8) is 0 Å². The third-order valence-electron chi connectivity index (χ3n) is 3.43. The molecule has 0 atom stereocenters. The first kappa shape index (κ1) is 13.1. The Morgan fingerprint density at radius 1 is 1.30 bits per heavy atom. The number of nitrogens with two attached hydrogens (primary N) is 1. The van der Waals surface area contributed by atoms with Gasteiger partial charge in [-0.05, 0) is 52.2 Å². The lowest BCUT2D eigenvalue weighted by molar-refractivity contribution is 0.0984. The standard InChI is InChI=1S/C15H12BrFN2O/c16-11-2-1-3-12(17)14(11)15(20)19-7-6-9-4-5-10(18)8-13(9)19/h1-5,8H,6-7,18H2. The van der Waals surface area contributed by atoms with E-state index in [0.29, 0.717) is 16.7 Å². The van der Waals surface area contributed by atoms with E-state index in [-0.39, 0.29) is 11.5 Å². The van der Waals surface area contributed by atoms with Gasteiger partial charge in [-0.3, -0.25) is 4.79 Å². The normalized spacial score (nSPS) is 13.4. The number of fused-ring (bicyclic) bond motifs is 1. The van der Waals surface area contributed by atoms with Gasteiger partial charge in [-0.25, -0.2) is 4.39 Å². The Bertz CT molecular complexity index is 682. The van der Waals surface area contributed by atoms with Gasteiger partial charge < -0.3 is 10.6 Å². The van der Waals surface area contributed by atoms with Crippen molar-refractivity contribution in [2.45, 2.75) is 6.42 Å². The number of rotatable bonds is 1. The molecule has 0 saturated carbocycles. The molecule has 3 rings (SSSR count). The monoisotopic (exact) mass is 334 g/mol. The Hall–Kier alpha value is -1.88. The van der Waals surface area contributed by atoms with Gasteiger partial charge in [0.05, 0.1) is 5.56 Å². The Kier molecular flexibility index (Phi) is 3.22. The van der Waals surface area contributed by atoms with Crippen molar-refractivity contribution in [3.8, 4) is 0 Å². The number of anilines is 2. The first-order valence-electron chi connectivity index (χ1n) is 6.22. The second-order valence-electron chi connectivity index (χ2n) is 4.69. The van der Waals surface area contributed by atoms with Crippen LogP contribution in [0.25, 0.3) is 0 Å². The molecule has 1 aliphatic rings. The summed E-state index contributed by atoms with van der Waals surface area (Å²) in [6.07, 6.45) is 0.757. The number of carbonyl (C=O) groups is 1. The average Bonchev–Trinajstić information content (AvgIpc) is 2.81. The maximum absolute atomic E-state index is 13.9. The van der Waals surface area contributed by atoms with Crippen LogP contribution < -0.4 is 10.6 Å². The molecule has 0 spiro atoms. The molecule has 1 aliphatic heterocycles. The lowest BCUT2D eigenvalue weighted by atomic mass is 10.1. The van der Waals surface area contributed by atoms with Crippen molar-refractivity contribution in [1.82, 2.24) is 0 Å². The molecule has 2 aromatic carbocycles. The molecule has 0 aromatic heterocycles. The molecule has 102 valence electrons. The summed E-state index contributed by atoms with van der Waals surface area (Å²) in [5.41, 5.74) is 8.25. The number of carbonyl (C=O) groups excluding carboxylic acids is 1. The van der Waals surface area contributed by atoms with E-state index in [2.05, 4.69) is 15.9 Å². The summed E-state index contributed by atoms with van der Waals surface area (Å²) < 4.78 is 14.4. The second-order valence-corrected chi connectivity index (χ2v) is 5.55. The van der Waals surface area contributed by atoms with Gasteiger partial charge in [-0.15, -0.1) is 0 Å². The van der Waals surface area contributed by atoms with E-state index < -0.39 is 5.82 Å². The molecule has 3 nitrogen and oxygen atoms in total. The largest absolute Gasteiger partial charge is 0.399 e. The van der Waals surface area contributed by atoms with Crippen LogP contribution in [0, 0.1) is 5.82 Å². The van der Waals surface area contributed by atoms with Crippen molar-refractivity contribution >= 4 is 33.2 Å². The molecule has 0 fully saturated rings. The second kappa shape index (κ2) is 4.90. The summed E-state index contributed by atoms with van der Waals surface area (Å²) in [5.74, 6) is -0.874. The minimum absolute atomic E-state index is 0.0581. The smallest absolute Gasteiger partial charge is 0.262 e. The topological polar surface area (TPSA) is 46.3 Å². The van der Waals surface area contributed by atoms with E-state index in [1.54, 1.807) is 23.1 Å². The number of hydrogen-bond acceptors (Lipinski definition) is 2. The molecule has 5 heteroatoms. The van der Waals surface area contributed by atoms with Crippen LogP contribution in [0.4, 0.5) is 15.8 Å². The zero-order valence-corrected chi connectivity index (χ0v) is 12.2. The Labute approximate surface area is 124 Å². The fourth-order valence-electron chi connectivity index (χ4n) is 2.44. The van der Waals surface area contributed by atoms with Gasteiger partial charge in [0.1, 0.15) is 5.82 Å². The quantitative estimate of drug-likeness (QED) is 0.812. The SMILES string of the molecule is Nc1ccc2c(c1)N(C(=O)c1c(F)cccc1Br)CC2. The van der Waals surface area contributed by atoms with Crippen LogP contribution in [0.5, 0.6) is 0 Å². The van der Waals surface area contributed by atoms with Gasteiger partial charge in [0.15, 0.2) is 0 Å². The van der Waals surface area contributed by atoms with Crippen molar-refractivity contribution in [2.75, 3.05) is 17.2 Å². The number of benzene rings is 2. The first-order valence-corrected chi connectivity index (χ1v) is 7.01. The lowest BCUT2D eigenvalue weighted by Crippen LogP contribution is -2.30. The number of hydrogen-bond donors (Lipinski definition) is 1. The molecule has 1 heterocycles. The van der Waals surface area contributed by atoms with Crippen LogP contribution in [0.3, 0.4) is 0 Å². The number of nitrogen functional groups attached to an aromatic ring is 1. The predicted molar refractivity (Wildman–Crippen MR) is 80.3 cm³/mol. The van der Waals surface area contributed by atoms with E-state index >= 15 is 0 Å². The van der Waals surface area contributed by atoms with Gasteiger partial charge in [0, 0.05) is 22.4 Å². The molecular weight excluding hydrogens is 323 g/mol. The van der Waals surface area contributed by atoms with Gasteiger partial charge in [-0.1, -0.05) is 12.1 Å². The van der Waals surface area contributed by atoms with Gasteiger partial charge in [0.2, 0.25) is 0 Å². The zero-order chi connectivity index (χ0) is 14.3. The summed E-state index contributed by atoms with van der Waals surface area (Å²) in [7, 11) is 0. The van der Waals surface area contributed by atoms with Crippen molar-refractivity contribution in [2.24, 2.45) is 0 Å². The summed E-state index contributed by atoms with van der Waals surface area (Å²) in [6.45, 7) is 0.540. The van der Waals surface area contributed by atoms with Crippen LogP contribution in [-0.4, -0.2) is 12.5 Å². The van der Waals surface area contributed by atoms with Crippen LogP contribution >= 0.6 is 15.9 Å². The summed E-state index contributed by atoms with van der Waals surface area (Å²) in [6, 6.07) is 9.99. The highest BCUT2D eigenvalue weighted by Crippen LogP contribution is 2.32. The Balaban J connectivity index is 2.04. The fraction of sp³-hybridized carbons (Fsp3) is 0.133. The molecule has 2 aromatic rings. The molecule has 1 amide bonds. The highest BCUT2D eigenvalue weighted by Gasteiger charge is 2.28. The predicted octanol–water partition coefficient (Wildman–Crippen LogP) is 3.37. The molecule has 0 radical (unpaired) electrons. The van der Waals surface area contributed by atoms with Crippen molar-refractivity contribution in [3.05, 3.63) is 57.8 Å². The number of nitrogens with zero attached hydrogens (tertiary/aromatic N) is 1. The maximum atomic E-state index is 13.9. The lowest BCUT2D eigenvalue weighted by Gasteiger charge is -2.18. The first-order chi connectivity index (χ1) is 9.58. The van der Waals surface area contributed by atoms with E-state index in [1.165, 1.54) is 6.07 Å². The summed E-state index contributed by atoms with van der Waals surface area (Å²) >= 11 is 3.24. The van der Waals surface area contributed by atoms with E-state index in [0.717, 1.165) is 17.7 Å². The third-order valence-corrected chi connectivity index (χ3v) is 4.09.